The molecular formula is C17H18N2O. The Kier molecular flexibility index (Phi) is 3.68. The molecule has 0 saturated heterocycles. The number of hydrogen-bond acceptors (Lipinski definition) is 2. The van der Waals surface area contributed by atoms with E-state index in [1.807, 2.05) is 59.5 Å². The average molecular weight is 266 g/mol. The van der Waals surface area contributed by atoms with Gasteiger partial charge in [-0.25, -0.2) is 0 Å². The predicted octanol–water partition coefficient (Wildman–Crippen LogP) is 3.08. The van der Waals surface area contributed by atoms with Crippen LogP contribution in [0.4, 0.5) is 11.4 Å². The predicted molar refractivity (Wildman–Crippen MR) is 82.0 cm³/mol. The Morgan fingerprint density at radius 1 is 1.05 bits per heavy atom. The fourth-order valence-electron chi connectivity index (χ4n) is 2.56. The topological polar surface area (TPSA) is 32.3 Å². The van der Waals surface area contributed by atoms with E-state index in [-0.39, 0.29) is 5.91 Å². The first-order valence-electron chi connectivity index (χ1n) is 7.02. The number of carbonyl (C=O) groups is 1. The molecule has 20 heavy (non-hydrogen) atoms. The molecule has 0 saturated carbocycles. The molecule has 0 spiro atoms. The first-order chi connectivity index (χ1) is 9.84. The summed E-state index contributed by atoms with van der Waals surface area (Å²) < 4.78 is 0. The zero-order valence-corrected chi connectivity index (χ0v) is 11.4. The van der Waals surface area contributed by atoms with Crippen molar-refractivity contribution in [1.29, 1.82) is 0 Å². The Morgan fingerprint density at radius 2 is 1.80 bits per heavy atom. The summed E-state index contributed by atoms with van der Waals surface area (Å²) in [5, 5.41) is 3.38. The van der Waals surface area contributed by atoms with Crippen LogP contribution in [-0.4, -0.2) is 19.0 Å². The number of rotatable bonds is 2. The van der Waals surface area contributed by atoms with Crippen molar-refractivity contribution < 1.29 is 4.79 Å². The Morgan fingerprint density at radius 3 is 2.65 bits per heavy atom. The normalized spacial score (nSPS) is 14.1. The molecule has 1 aliphatic rings. The van der Waals surface area contributed by atoms with Crippen molar-refractivity contribution in [1.82, 2.24) is 0 Å². The van der Waals surface area contributed by atoms with Crippen LogP contribution in [0.25, 0.3) is 0 Å². The summed E-state index contributed by atoms with van der Waals surface area (Å²) in [6, 6.07) is 17.9. The molecule has 0 unspecified atom stereocenters. The van der Waals surface area contributed by atoms with Gasteiger partial charge in [0.2, 0.25) is 5.91 Å². The van der Waals surface area contributed by atoms with Crippen molar-refractivity contribution in [2.75, 3.05) is 23.3 Å². The lowest BCUT2D eigenvalue weighted by Crippen LogP contribution is -2.32. The molecule has 102 valence electrons. The Labute approximate surface area is 119 Å². The van der Waals surface area contributed by atoms with E-state index in [1.54, 1.807) is 0 Å². The Bertz CT molecular complexity index is 595. The van der Waals surface area contributed by atoms with Gasteiger partial charge in [-0.05, 0) is 24.1 Å². The van der Waals surface area contributed by atoms with E-state index in [4.69, 9.17) is 0 Å². The summed E-state index contributed by atoms with van der Waals surface area (Å²) in [5.41, 5.74) is 3.10. The molecule has 0 radical (unpaired) electrons. The highest BCUT2D eigenvalue weighted by molar-refractivity contribution is 5.98. The highest BCUT2D eigenvalue weighted by Gasteiger charge is 2.20. The zero-order chi connectivity index (χ0) is 13.8. The fourth-order valence-corrected chi connectivity index (χ4v) is 2.56. The number of hydrogen-bond donors (Lipinski definition) is 1. The van der Waals surface area contributed by atoms with Crippen LogP contribution in [0.15, 0.2) is 54.6 Å². The van der Waals surface area contributed by atoms with Gasteiger partial charge in [0, 0.05) is 13.1 Å². The second-order valence-corrected chi connectivity index (χ2v) is 5.01. The minimum absolute atomic E-state index is 0.160. The molecule has 0 aliphatic carbocycles. The largest absolute Gasteiger partial charge is 0.383 e. The van der Waals surface area contributed by atoms with E-state index >= 15 is 0 Å². The van der Waals surface area contributed by atoms with Crippen molar-refractivity contribution in [3.8, 4) is 0 Å². The third-order valence-corrected chi connectivity index (χ3v) is 3.57. The summed E-state index contributed by atoms with van der Waals surface area (Å²) >= 11 is 0. The second kappa shape index (κ2) is 5.78. The first kappa shape index (κ1) is 12.7. The van der Waals surface area contributed by atoms with Crippen LogP contribution in [0.2, 0.25) is 0 Å². The summed E-state index contributed by atoms with van der Waals surface area (Å²) in [5.74, 6) is 0.160. The molecule has 2 aromatic rings. The van der Waals surface area contributed by atoms with E-state index in [9.17, 15) is 4.79 Å². The molecule has 3 heteroatoms. The minimum atomic E-state index is 0.160. The number of carbonyl (C=O) groups excluding carboxylic acids is 1. The molecule has 0 fully saturated rings. The zero-order valence-electron chi connectivity index (χ0n) is 11.4. The van der Waals surface area contributed by atoms with Crippen molar-refractivity contribution in [2.45, 2.75) is 12.8 Å². The maximum absolute atomic E-state index is 12.6. The maximum Gasteiger partial charge on any atom is 0.231 e. The molecular weight excluding hydrogens is 248 g/mol. The molecule has 1 amide bonds. The molecule has 1 heterocycles. The van der Waals surface area contributed by atoms with E-state index in [0.29, 0.717) is 6.42 Å². The molecule has 3 rings (SSSR count). The number of amides is 1. The van der Waals surface area contributed by atoms with E-state index < -0.39 is 0 Å². The van der Waals surface area contributed by atoms with Gasteiger partial charge in [0.25, 0.3) is 0 Å². The number of nitrogens with one attached hydrogen (secondary N) is 1. The monoisotopic (exact) mass is 266 g/mol. The van der Waals surface area contributed by atoms with Gasteiger partial charge in [-0.2, -0.15) is 0 Å². The van der Waals surface area contributed by atoms with Gasteiger partial charge >= 0.3 is 0 Å². The van der Waals surface area contributed by atoms with Gasteiger partial charge in [0.1, 0.15) is 0 Å². The van der Waals surface area contributed by atoms with Crippen molar-refractivity contribution in [3.05, 3.63) is 60.2 Å². The van der Waals surface area contributed by atoms with Crippen LogP contribution in [0.1, 0.15) is 12.0 Å². The summed E-state index contributed by atoms with van der Waals surface area (Å²) in [7, 11) is 0. The molecule has 1 N–H and O–H groups in total. The highest BCUT2D eigenvalue weighted by Crippen LogP contribution is 2.28. The van der Waals surface area contributed by atoms with Crippen LogP contribution >= 0.6 is 0 Å². The number of para-hydroxylation sites is 2. The number of nitrogens with zero attached hydrogens (tertiary/aromatic N) is 1. The van der Waals surface area contributed by atoms with Crippen LogP contribution in [0, 0.1) is 0 Å². The molecule has 0 aromatic heterocycles. The first-order valence-corrected chi connectivity index (χ1v) is 7.02. The third kappa shape index (κ3) is 2.67. The summed E-state index contributed by atoms with van der Waals surface area (Å²) in [4.78, 5) is 14.5. The van der Waals surface area contributed by atoms with Crippen molar-refractivity contribution >= 4 is 17.3 Å². The lowest BCUT2D eigenvalue weighted by molar-refractivity contribution is -0.118. The summed E-state index contributed by atoms with van der Waals surface area (Å²) in [6.45, 7) is 1.68. The van der Waals surface area contributed by atoms with E-state index in [0.717, 1.165) is 36.4 Å². The smallest absolute Gasteiger partial charge is 0.231 e. The van der Waals surface area contributed by atoms with Gasteiger partial charge in [-0.15, -0.1) is 0 Å². The summed E-state index contributed by atoms with van der Waals surface area (Å²) in [6.07, 6.45) is 1.42. The maximum atomic E-state index is 12.6. The van der Waals surface area contributed by atoms with Crippen molar-refractivity contribution in [2.24, 2.45) is 0 Å². The molecule has 0 atom stereocenters. The van der Waals surface area contributed by atoms with E-state index in [2.05, 4.69) is 5.32 Å². The average Bonchev–Trinajstić information content (AvgIpc) is 2.70. The van der Waals surface area contributed by atoms with Gasteiger partial charge in [-0.3, -0.25) is 4.79 Å². The molecule has 2 aromatic carbocycles. The second-order valence-electron chi connectivity index (χ2n) is 5.01. The van der Waals surface area contributed by atoms with Crippen LogP contribution in [0.3, 0.4) is 0 Å². The number of anilines is 2. The minimum Gasteiger partial charge on any atom is -0.383 e. The van der Waals surface area contributed by atoms with Gasteiger partial charge in [0.15, 0.2) is 0 Å². The SMILES string of the molecule is O=C(Cc1ccccc1)N1CCCNc2ccccc21. The van der Waals surface area contributed by atoms with Crippen LogP contribution in [-0.2, 0) is 11.2 Å². The van der Waals surface area contributed by atoms with Gasteiger partial charge < -0.3 is 10.2 Å². The number of fused-ring (bicyclic) bond motifs is 1. The highest BCUT2D eigenvalue weighted by atomic mass is 16.2. The van der Waals surface area contributed by atoms with Crippen LogP contribution in [0.5, 0.6) is 0 Å². The van der Waals surface area contributed by atoms with Gasteiger partial charge in [-0.1, -0.05) is 42.5 Å². The molecule has 0 bridgehead atoms. The molecule has 3 nitrogen and oxygen atoms in total. The van der Waals surface area contributed by atoms with E-state index in [1.165, 1.54) is 0 Å². The Hall–Kier alpha value is -2.29. The fraction of sp³-hybridized carbons (Fsp3) is 0.235. The third-order valence-electron chi connectivity index (χ3n) is 3.57. The van der Waals surface area contributed by atoms with Crippen LogP contribution < -0.4 is 10.2 Å². The van der Waals surface area contributed by atoms with Crippen molar-refractivity contribution in [3.63, 3.8) is 0 Å². The lowest BCUT2D eigenvalue weighted by atomic mass is 10.1. The molecule has 1 aliphatic heterocycles. The number of benzene rings is 2. The Balaban J connectivity index is 1.84. The van der Waals surface area contributed by atoms with Gasteiger partial charge in [0.05, 0.1) is 17.8 Å². The standard InChI is InChI=1S/C17H18N2O/c20-17(13-14-7-2-1-3-8-14)19-12-6-11-18-15-9-4-5-10-16(15)19/h1-5,7-10,18H,6,11-13H2. The lowest BCUT2D eigenvalue weighted by Gasteiger charge is -2.22. The quantitative estimate of drug-likeness (QED) is 0.906.